The van der Waals surface area contributed by atoms with E-state index in [1.165, 1.54) is 108 Å². The topological polar surface area (TPSA) is 13.1 Å². The molecule has 0 unspecified atom stereocenters. The van der Waals surface area contributed by atoms with Gasteiger partial charge in [-0.15, -0.1) is 11.3 Å². The highest BCUT2D eigenvalue weighted by molar-refractivity contribution is 7.27. The third kappa shape index (κ3) is 4.73. The summed E-state index contributed by atoms with van der Waals surface area (Å²) < 4.78 is 8.89. The van der Waals surface area contributed by atoms with Crippen molar-refractivity contribution < 1.29 is 4.42 Å². The lowest BCUT2D eigenvalue weighted by Gasteiger charge is -2.18. The molecule has 0 atom stereocenters. The first-order chi connectivity index (χ1) is 27.8. The number of fused-ring (bicyclic) bond motifs is 11. The van der Waals surface area contributed by atoms with Crippen LogP contribution in [-0.4, -0.2) is 0 Å². The zero-order valence-corrected chi connectivity index (χ0v) is 31.1. The Labute approximate surface area is 327 Å². The zero-order valence-electron chi connectivity index (χ0n) is 30.3. The fraction of sp³-hybridized carbons (Fsp3) is 0. The van der Waals surface area contributed by atoms with Crippen LogP contribution >= 0.6 is 11.3 Å². The standard InChI is InChI=1S/C54H32OS/c1-2-11-33(12-3-1)37-13-10-14-39(31-37)51-42-17-6-4-15-40(42)50(41-16-5-7-18-43(41)51)36-24-21-34(22-25-36)38-26-23-35-27-28-45-53-49(56-54(45)46(35)32-38)30-29-48-52(53)44-19-8-9-20-47(44)55-48/h1-32H. The summed E-state index contributed by atoms with van der Waals surface area (Å²) in [5, 5.41) is 12.6. The van der Waals surface area contributed by atoms with Crippen molar-refractivity contribution in [3.05, 3.63) is 194 Å². The molecule has 0 aliphatic carbocycles. The van der Waals surface area contributed by atoms with Gasteiger partial charge in [0.15, 0.2) is 0 Å². The van der Waals surface area contributed by atoms with E-state index in [-0.39, 0.29) is 0 Å². The van der Waals surface area contributed by atoms with E-state index in [2.05, 4.69) is 188 Å². The van der Waals surface area contributed by atoms with Crippen LogP contribution in [0, 0.1) is 0 Å². The van der Waals surface area contributed by atoms with Crippen LogP contribution in [0.2, 0.25) is 0 Å². The van der Waals surface area contributed by atoms with E-state index in [9.17, 15) is 0 Å². The number of para-hydroxylation sites is 1. The van der Waals surface area contributed by atoms with E-state index in [0.29, 0.717) is 0 Å². The van der Waals surface area contributed by atoms with Crippen LogP contribution in [-0.2, 0) is 0 Å². The maximum atomic E-state index is 6.28. The SMILES string of the molecule is c1ccc(-c2cccc(-c3c4ccccc4c(-c4ccc(-c5ccc6ccc7c(sc8ccc9oc%10ccccc%10c9c87)c6c5)cc4)c4ccccc34)c2)cc1. The van der Waals surface area contributed by atoms with Gasteiger partial charge in [0.2, 0.25) is 0 Å². The molecule has 2 heterocycles. The maximum Gasteiger partial charge on any atom is 0.136 e. The van der Waals surface area contributed by atoms with Gasteiger partial charge in [-0.25, -0.2) is 0 Å². The quantitative estimate of drug-likeness (QED) is 0.165. The van der Waals surface area contributed by atoms with Crippen molar-refractivity contribution in [1.82, 2.24) is 0 Å². The van der Waals surface area contributed by atoms with E-state index in [1.54, 1.807) is 0 Å². The first-order valence-electron chi connectivity index (χ1n) is 19.2. The average Bonchev–Trinajstić information content (AvgIpc) is 3.84. The minimum Gasteiger partial charge on any atom is -0.456 e. The van der Waals surface area contributed by atoms with Crippen molar-refractivity contribution in [1.29, 1.82) is 0 Å². The van der Waals surface area contributed by atoms with E-state index in [0.717, 1.165) is 11.2 Å². The Balaban J connectivity index is 0.995. The van der Waals surface area contributed by atoms with Crippen molar-refractivity contribution in [3.63, 3.8) is 0 Å². The van der Waals surface area contributed by atoms with Crippen LogP contribution in [0.4, 0.5) is 0 Å². The molecule has 2 aromatic heterocycles. The molecule has 10 aromatic carbocycles. The summed E-state index contributed by atoms with van der Waals surface area (Å²) in [6.07, 6.45) is 0. The third-order valence-electron chi connectivity index (χ3n) is 11.7. The van der Waals surface area contributed by atoms with Crippen LogP contribution in [0.15, 0.2) is 199 Å². The Morgan fingerprint density at radius 1 is 0.304 bits per heavy atom. The molecule has 1 nitrogen and oxygen atoms in total. The van der Waals surface area contributed by atoms with E-state index in [4.69, 9.17) is 4.42 Å². The molecule has 0 spiro atoms. The average molecular weight is 729 g/mol. The van der Waals surface area contributed by atoms with E-state index >= 15 is 0 Å². The fourth-order valence-electron chi connectivity index (χ4n) is 9.10. The molecule has 0 N–H and O–H groups in total. The first-order valence-corrected chi connectivity index (χ1v) is 20.0. The second-order valence-corrected chi connectivity index (χ2v) is 15.8. The molecular weight excluding hydrogens is 697 g/mol. The largest absolute Gasteiger partial charge is 0.456 e. The van der Waals surface area contributed by atoms with Crippen molar-refractivity contribution >= 4 is 85.8 Å². The van der Waals surface area contributed by atoms with Gasteiger partial charge in [0.1, 0.15) is 11.2 Å². The van der Waals surface area contributed by atoms with Crippen LogP contribution in [0.25, 0.3) is 119 Å². The van der Waals surface area contributed by atoms with Gasteiger partial charge in [-0.2, -0.15) is 0 Å². The van der Waals surface area contributed by atoms with Gasteiger partial charge in [-0.05, 0) is 102 Å². The summed E-state index contributed by atoms with van der Waals surface area (Å²) in [6.45, 7) is 0. The smallest absolute Gasteiger partial charge is 0.136 e. The number of furan rings is 1. The fourth-order valence-corrected chi connectivity index (χ4v) is 10.3. The molecule has 56 heavy (non-hydrogen) atoms. The maximum absolute atomic E-state index is 6.28. The number of rotatable bonds is 4. The van der Waals surface area contributed by atoms with Crippen molar-refractivity contribution in [3.8, 4) is 44.5 Å². The van der Waals surface area contributed by atoms with Gasteiger partial charge in [0.05, 0.1) is 0 Å². The minimum atomic E-state index is 0.937. The van der Waals surface area contributed by atoms with Crippen molar-refractivity contribution in [2.24, 2.45) is 0 Å². The summed E-state index contributed by atoms with van der Waals surface area (Å²) >= 11 is 1.88. The molecule has 12 aromatic rings. The molecular formula is C54H32OS. The van der Waals surface area contributed by atoms with Gasteiger partial charge in [0, 0.05) is 36.3 Å². The predicted octanol–water partition coefficient (Wildman–Crippen LogP) is 16.1. The molecule has 12 rings (SSSR count). The lowest BCUT2D eigenvalue weighted by atomic mass is 9.85. The Bertz CT molecular complexity index is 3460. The molecule has 0 aliphatic rings. The molecule has 0 fully saturated rings. The van der Waals surface area contributed by atoms with Crippen LogP contribution in [0.5, 0.6) is 0 Å². The summed E-state index contributed by atoms with van der Waals surface area (Å²) in [7, 11) is 0. The summed E-state index contributed by atoms with van der Waals surface area (Å²) in [6, 6.07) is 70.9. The predicted molar refractivity (Wildman–Crippen MR) is 241 cm³/mol. The Kier molecular flexibility index (Phi) is 6.87. The Morgan fingerprint density at radius 3 is 1.61 bits per heavy atom. The molecule has 0 aliphatic heterocycles. The van der Waals surface area contributed by atoms with Crippen molar-refractivity contribution in [2.45, 2.75) is 0 Å². The van der Waals surface area contributed by atoms with Crippen LogP contribution in [0.1, 0.15) is 0 Å². The Morgan fingerprint density at radius 2 is 0.857 bits per heavy atom. The van der Waals surface area contributed by atoms with E-state index < -0.39 is 0 Å². The Hall–Kier alpha value is -7.00. The first kappa shape index (κ1) is 31.4. The molecule has 0 amide bonds. The summed E-state index contributed by atoms with van der Waals surface area (Å²) in [5.74, 6) is 0. The highest BCUT2D eigenvalue weighted by atomic mass is 32.1. The third-order valence-corrected chi connectivity index (χ3v) is 12.9. The highest BCUT2D eigenvalue weighted by Crippen LogP contribution is 2.47. The molecule has 0 radical (unpaired) electrons. The number of hydrogen-bond donors (Lipinski definition) is 0. The number of thiophene rings is 1. The lowest BCUT2D eigenvalue weighted by Crippen LogP contribution is -1.91. The highest BCUT2D eigenvalue weighted by Gasteiger charge is 2.19. The van der Waals surface area contributed by atoms with Gasteiger partial charge in [-0.3, -0.25) is 0 Å². The lowest BCUT2D eigenvalue weighted by molar-refractivity contribution is 0.669. The monoisotopic (exact) mass is 728 g/mol. The van der Waals surface area contributed by atoms with E-state index in [1.807, 2.05) is 17.4 Å². The zero-order chi connectivity index (χ0) is 36.7. The number of benzene rings is 10. The number of hydrogen-bond acceptors (Lipinski definition) is 2. The molecule has 0 saturated heterocycles. The molecule has 0 saturated carbocycles. The van der Waals surface area contributed by atoms with Gasteiger partial charge in [-0.1, -0.05) is 164 Å². The summed E-state index contributed by atoms with van der Waals surface area (Å²) in [5.41, 5.74) is 11.8. The van der Waals surface area contributed by atoms with Gasteiger partial charge >= 0.3 is 0 Å². The molecule has 2 heteroatoms. The van der Waals surface area contributed by atoms with Crippen molar-refractivity contribution in [2.75, 3.05) is 0 Å². The molecule has 260 valence electrons. The van der Waals surface area contributed by atoms with Crippen LogP contribution < -0.4 is 0 Å². The normalized spacial score (nSPS) is 11.9. The second kappa shape index (κ2) is 12.3. The van der Waals surface area contributed by atoms with Gasteiger partial charge < -0.3 is 4.42 Å². The molecule has 0 bridgehead atoms. The van der Waals surface area contributed by atoms with Crippen LogP contribution in [0.3, 0.4) is 0 Å². The summed E-state index contributed by atoms with van der Waals surface area (Å²) in [4.78, 5) is 0. The minimum absolute atomic E-state index is 0.937. The second-order valence-electron chi connectivity index (χ2n) is 14.8. The van der Waals surface area contributed by atoms with Gasteiger partial charge in [0.25, 0.3) is 0 Å².